The molecule has 2 fully saturated rings. The van der Waals surface area contributed by atoms with Crippen molar-refractivity contribution in [2.24, 2.45) is 5.92 Å². The Kier molecular flexibility index (Phi) is 5.46. The first-order valence-corrected chi connectivity index (χ1v) is 9.17. The lowest BCUT2D eigenvalue weighted by Crippen LogP contribution is -2.50. The summed E-state index contributed by atoms with van der Waals surface area (Å²) in [6, 6.07) is 8.04. The molecule has 0 spiro atoms. The molecule has 2 amide bonds. The van der Waals surface area contributed by atoms with Gasteiger partial charge in [-0.3, -0.25) is 9.59 Å². The van der Waals surface area contributed by atoms with Gasteiger partial charge in [0.2, 0.25) is 11.8 Å². The molecule has 2 aliphatic heterocycles. The van der Waals surface area contributed by atoms with Gasteiger partial charge in [-0.25, -0.2) is 0 Å². The lowest BCUT2D eigenvalue weighted by Gasteiger charge is -2.37. The predicted octanol–water partition coefficient (Wildman–Crippen LogP) is 1.60. The molecule has 0 bridgehead atoms. The molecule has 1 aromatic carbocycles. The molecular weight excluding hydrogens is 318 g/mol. The van der Waals surface area contributed by atoms with Crippen molar-refractivity contribution >= 4 is 17.5 Å². The van der Waals surface area contributed by atoms with E-state index in [1.807, 2.05) is 36.9 Å². The molecule has 0 radical (unpaired) electrons. The van der Waals surface area contributed by atoms with Crippen LogP contribution in [0.15, 0.2) is 24.3 Å². The molecule has 1 aromatic rings. The molecule has 25 heavy (non-hydrogen) atoms. The minimum atomic E-state index is -0.172. The maximum atomic E-state index is 12.7. The summed E-state index contributed by atoms with van der Waals surface area (Å²) in [6.45, 7) is 8.79. The van der Waals surface area contributed by atoms with E-state index in [9.17, 15) is 9.59 Å². The predicted molar refractivity (Wildman–Crippen MR) is 96.8 cm³/mol. The Morgan fingerprint density at radius 1 is 1.16 bits per heavy atom. The van der Waals surface area contributed by atoms with Gasteiger partial charge >= 0.3 is 0 Å². The molecule has 2 aliphatic rings. The molecule has 0 saturated carbocycles. The van der Waals surface area contributed by atoms with Gasteiger partial charge in [0.1, 0.15) is 5.75 Å². The molecular formula is C19H27N3O3. The average Bonchev–Trinajstić information content (AvgIpc) is 3.03. The number of piperazine rings is 1. The minimum Gasteiger partial charge on any atom is -0.492 e. The lowest BCUT2D eigenvalue weighted by molar-refractivity contribution is -0.136. The van der Waals surface area contributed by atoms with Crippen molar-refractivity contribution in [2.75, 3.05) is 50.8 Å². The molecule has 0 unspecified atom stereocenters. The van der Waals surface area contributed by atoms with E-state index >= 15 is 0 Å². The Labute approximate surface area is 149 Å². The zero-order valence-corrected chi connectivity index (χ0v) is 15.1. The fraction of sp³-hybridized carbons (Fsp3) is 0.579. The van der Waals surface area contributed by atoms with Gasteiger partial charge < -0.3 is 19.4 Å². The fourth-order valence-electron chi connectivity index (χ4n) is 3.67. The van der Waals surface area contributed by atoms with Gasteiger partial charge in [0.25, 0.3) is 0 Å². The second kappa shape index (κ2) is 7.76. The zero-order valence-electron chi connectivity index (χ0n) is 15.1. The van der Waals surface area contributed by atoms with Crippen LogP contribution in [-0.2, 0) is 9.59 Å². The highest BCUT2D eigenvalue weighted by Crippen LogP contribution is 2.29. The molecule has 0 aromatic heterocycles. The number of nitrogens with zero attached hydrogens (tertiary/aromatic N) is 3. The molecule has 6 heteroatoms. The van der Waals surface area contributed by atoms with Crippen LogP contribution >= 0.6 is 0 Å². The molecule has 2 heterocycles. The Bertz CT molecular complexity index is 626. The topological polar surface area (TPSA) is 53.1 Å². The summed E-state index contributed by atoms with van der Waals surface area (Å²) in [7, 11) is 0. The lowest BCUT2D eigenvalue weighted by atomic mass is 10.1. The Morgan fingerprint density at radius 2 is 1.88 bits per heavy atom. The van der Waals surface area contributed by atoms with E-state index in [1.54, 1.807) is 4.90 Å². The third kappa shape index (κ3) is 3.72. The fourth-order valence-corrected chi connectivity index (χ4v) is 3.67. The van der Waals surface area contributed by atoms with Crippen LogP contribution < -0.4 is 9.64 Å². The summed E-state index contributed by atoms with van der Waals surface area (Å²) >= 11 is 0. The minimum absolute atomic E-state index is 0.102. The third-order valence-corrected chi connectivity index (χ3v) is 5.04. The number of carbonyl (C=O) groups excluding carboxylic acids is 2. The van der Waals surface area contributed by atoms with Gasteiger partial charge in [-0.05, 0) is 26.0 Å². The number of ether oxygens (including phenoxy) is 1. The number of anilines is 1. The van der Waals surface area contributed by atoms with Gasteiger partial charge in [-0.15, -0.1) is 0 Å². The molecule has 0 aliphatic carbocycles. The maximum Gasteiger partial charge on any atom is 0.228 e. The monoisotopic (exact) mass is 345 g/mol. The van der Waals surface area contributed by atoms with Gasteiger partial charge in [0.05, 0.1) is 18.2 Å². The first-order valence-electron chi connectivity index (χ1n) is 9.17. The quantitative estimate of drug-likeness (QED) is 0.813. The van der Waals surface area contributed by atoms with Crippen LogP contribution in [0, 0.1) is 5.92 Å². The Morgan fingerprint density at radius 3 is 2.52 bits per heavy atom. The molecule has 3 rings (SSSR count). The average molecular weight is 345 g/mol. The summed E-state index contributed by atoms with van der Waals surface area (Å²) in [5.41, 5.74) is 1.09. The van der Waals surface area contributed by atoms with Crippen molar-refractivity contribution in [2.45, 2.75) is 20.3 Å². The van der Waals surface area contributed by atoms with Crippen molar-refractivity contribution in [1.29, 1.82) is 0 Å². The SMILES string of the molecule is CCOc1ccccc1N1CCN(C(=O)[C@H]2CC(=O)N(CC)C2)CC1. The Balaban J connectivity index is 1.59. The van der Waals surface area contributed by atoms with E-state index in [4.69, 9.17) is 4.74 Å². The summed E-state index contributed by atoms with van der Waals surface area (Å²) in [6.07, 6.45) is 0.361. The van der Waals surface area contributed by atoms with Crippen molar-refractivity contribution in [3.8, 4) is 5.75 Å². The van der Waals surface area contributed by atoms with E-state index in [0.29, 0.717) is 39.2 Å². The number of para-hydroxylation sites is 2. The van der Waals surface area contributed by atoms with Crippen LogP contribution in [0.1, 0.15) is 20.3 Å². The largest absolute Gasteiger partial charge is 0.492 e. The first-order chi connectivity index (χ1) is 12.1. The van der Waals surface area contributed by atoms with Crippen molar-refractivity contribution < 1.29 is 14.3 Å². The normalized spacial score (nSPS) is 21.0. The smallest absolute Gasteiger partial charge is 0.228 e. The number of amides is 2. The van der Waals surface area contributed by atoms with Crippen LogP contribution in [0.5, 0.6) is 5.75 Å². The summed E-state index contributed by atoms with van der Waals surface area (Å²) in [4.78, 5) is 30.6. The standard InChI is InChI=1S/C19H27N3O3/c1-3-20-14-15(13-18(20)23)19(24)22-11-9-21(10-12-22)16-7-5-6-8-17(16)25-4-2/h5-8,15H,3-4,9-14H2,1-2H3/t15-/m0/s1. The number of benzene rings is 1. The van der Waals surface area contributed by atoms with E-state index in [0.717, 1.165) is 24.5 Å². The van der Waals surface area contributed by atoms with Crippen LogP contribution in [0.25, 0.3) is 0 Å². The van der Waals surface area contributed by atoms with E-state index in [-0.39, 0.29) is 17.7 Å². The van der Waals surface area contributed by atoms with Crippen LogP contribution in [-0.4, -0.2) is 67.5 Å². The number of rotatable bonds is 5. The first kappa shape index (κ1) is 17.6. The summed E-state index contributed by atoms with van der Waals surface area (Å²) < 4.78 is 5.72. The molecule has 136 valence electrons. The van der Waals surface area contributed by atoms with Crippen molar-refractivity contribution in [3.05, 3.63) is 24.3 Å². The number of likely N-dealkylation sites (tertiary alicyclic amines) is 1. The molecule has 2 saturated heterocycles. The van der Waals surface area contributed by atoms with E-state index in [1.165, 1.54) is 0 Å². The summed E-state index contributed by atoms with van der Waals surface area (Å²) in [5, 5.41) is 0. The summed E-state index contributed by atoms with van der Waals surface area (Å²) in [5.74, 6) is 0.951. The van der Waals surface area contributed by atoms with Crippen LogP contribution in [0.2, 0.25) is 0 Å². The molecule has 6 nitrogen and oxygen atoms in total. The highest BCUT2D eigenvalue weighted by atomic mass is 16.5. The zero-order chi connectivity index (χ0) is 17.8. The van der Waals surface area contributed by atoms with E-state index in [2.05, 4.69) is 11.0 Å². The van der Waals surface area contributed by atoms with Crippen molar-refractivity contribution in [3.63, 3.8) is 0 Å². The highest BCUT2D eigenvalue weighted by molar-refractivity contribution is 5.89. The number of hydrogen-bond donors (Lipinski definition) is 0. The van der Waals surface area contributed by atoms with Crippen molar-refractivity contribution in [1.82, 2.24) is 9.80 Å². The van der Waals surface area contributed by atoms with E-state index < -0.39 is 0 Å². The molecule has 1 atom stereocenters. The van der Waals surface area contributed by atoms with Gasteiger partial charge in [-0.1, -0.05) is 12.1 Å². The Hall–Kier alpha value is -2.24. The highest BCUT2D eigenvalue weighted by Gasteiger charge is 2.36. The second-order valence-electron chi connectivity index (χ2n) is 6.55. The maximum absolute atomic E-state index is 12.7. The number of hydrogen-bond acceptors (Lipinski definition) is 4. The van der Waals surface area contributed by atoms with Crippen LogP contribution in [0.3, 0.4) is 0 Å². The number of carbonyl (C=O) groups is 2. The van der Waals surface area contributed by atoms with Gasteiger partial charge in [0.15, 0.2) is 0 Å². The molecule has 0 N–H and O–H groups in total. The van der Waals surface area contributed by atoms with Crippen LogP contribution in [0.4, 0.5) is 5.69 Å². The second-order valence-corrected chi connectivity index (χ2v) is 6.55. The third-order valence-electron chi connectivity index (χ3n) is 5.04. The van der Waals surface area contributed by atoms with Gasteiger partial charge in [0, 0.05) is 45.7 Å². The van der Waals surface area contributed by atoms with Gasteiger partial charge in [-0.2, -0.15) is 0 Å².